The van der Waals surface area contributed by atoms with Crippen molar-refractivity contribution in [1.29, 1.82) is 0 Å². The van der Waals surface area contributed by atoms with Crippen LogP contribution in [0.2, 0.25) is 0 Å². The zero-order valence-electron chi connectivity index (χ0n) is 17.6. The lowest BCUT2D eigenvalue weighted by molar-refractivity contribution is -0.120. The third-order valence-electron chi connectivity index (χ3n) is 5.95. The molecular formula is C22H30N2O4S. The SMILES string of the molecule is Cc1ccc(-c2nc(CS(=O)(=O)CC(=O)N[C@@H]3CCC[C@H](C)[C@H]3C)c(C)o2)cc1. The summed E-state index contributed by atoms with van der Waals surface area (Å²) < 4.78 is 30.9. The Bertz CT molecular complexity index is 963. The highest BCUT2D eigenvalue weighted by Gasteiger charge is 2.29. The van der Waals surface area contributed by atoms with Crippen molar-refractivity contribution in [2.24, 2.45) is 11.8 Å². The lowest BCUT2D eigenvalue weighted by Crippen LogP contribution is -2.45. The molecule has 1 aromatic carbocycles. The van der Waals surface area contributed by atoms with Crippen LogP contribution in [-0.4, -0.2) is 31.1 Å². The second-order valence-corrected chi connectivity index (χ2v) is 10.4. The summed E-state index contributed by atoms with van der Waals surface area (Å²) in [7, 11) is -3.65. The van der Waals surface area contributed by atoms with E-state index in [0.717, 1.165) is 30.4 Å². The van der Waals surface area contributed by atoms with E-state index in [1.807, 2.05) is 31.2 Å². The minimum atomic E-state index is -3.65. The molecule has 1 amide bonds. The van der Waals surface area contributed by atoms with Gasteiger partial charge in [0, 0.05) is 11.6 Å². The second kappa shape index (κ2) is 8.69. The number of amides is 1. The Morgan fingerprint density at radius 3 is 2.55 bits per heavy atom. The normalized spacial score (nSPS) is 22.4. The van der Waals surface area contributed by atoms with E-state index in [0.29, 0.717) is 29.2 Å². The molecule has 0 bridgehead atoms. The van der Waals surface area contributed by atoms with Crippen LogP contribution in [0.5, 0.6) is 0 Å². The highest BCUT2D eigenvalue weighted by Crippen LogP contribution is 2.29. The lowest BCUT2D eigenvalue weighted by Gasteiger charge is -2.34. The molecule has 1 aliphatic carbocycles. The van der Waals surface area contributed by atoms with Gasteiger partial charge in [0.25, 0.3) is 0 Å². The summed E-state index contributed by atoms with van der Waals surface area (Å²) in [5, 5.41) is 2.93. The van der Waals surface area contributed by atoms with E-state index in [-0.39, 0.29) is 11.8 Å². The Kier molecular flexibility index (Phi) is 6.46. The van der Waals surface area contributed by atoms with E-state index >= 15 is 0 Å². The predicted molar refractivity (Wildman–Crippen MR) is 113 cm³/mol. The van der Waals surface area contributed by atoms with Gasteiger partial charge in [-0.25, -0.2) is 13.4 Å². The van der Waals surface area contributed by atoms with Crippen LogP contribution in [0.1, 0.15) is 50.1 Å². The molecule has 1 fully saturated rings. The quantitative estimate of drug-likeness (QED) is 0.770. The number of oxazole rings is 1. The molecule has 3 rings (SSSR count). The molecule has 1 N–H and O–H groups in total. The number of benzene rings is 1. The van der Waals surface area contributed by atoms with Crippen molar-refractivity contribution in [1.82, 2.24) is 10.3 Å². The molecule has 0 radical (unpaired) electrons. The summed E-state index contributed by atoms with van der Waals surface area (Å²) in [5.74, 6) is 0.459. The Morgan fingerprint density at radius 2 is 1.86 bits per heavy atom. The Balaban J connectivity index is 1.65. The molecule has 158 valence electrons. The first kappa shape index (κ1) is 21.6. The van der Waals surface area contributed by atoms with E-state index in [1.165, 1.54) is 0 Å². The standard InChI is InChI=1S/C22H30N2O4S/c1-14-8-10-18(11-9-14)22-24-20(17(4)28-22)12-29(26,27)13-21(25)23-19-7-5-6-15(2)16(19)3/h8-11,15-16,19H,5-7,12-13H2,1-4H3,(H,23,25)/t15-,16+,19+/m0/s1. The maximum absolute atomic E-state index is 12.6. The second-order valence-electron chi connectivity index (χ2n) is 8.36. The summed E-state index contributed by atoms with van der Waals surface area (Å²) in [6.45, 7) is 7.98. The largest absolute Gasteiger partial charge is 0.441 e. The molecule has 0 saturated heterocycles. The molecule has 3 atom stereocenters. The van der Waals surface area contributed by atoms with Crippen molar-refractivity contribution < 1.29 is 17.6 Å². The first-order chi connectivity index (χ1) is 13.6. The van der Waals surface area contributed by atoms with Crippen molar-refractivity contribution in [2.45, 2.75) is 58.8 Å². The zero-order chi connectivity index (χ0) is 21.2. The molecular weight excluding hydrogens is 388 g/mol. The molecule has 0 unspecified atom stereocenters. The Hall–Kier alpha value is -2.15. The predicted octanol–water partition coefficient (Wildman–Crippen LogP) is 3.81. The van der Waals surface area contributed by atoms with Gasteiger partial charge < -0.3 is 9.73 Å². The Labute approximate surface area is 173 Å². The van der Waals surface area contributed by atoms with Crippen LogP contribution in [-0.2, 0) is 20.4 Å². The Morgan fingerprint density at radius 1 is 1.17 bits per heavy atom. The summed E-state index contributed by atoms with van der Waals surface area (Å²) in [6, 6.07) is 7.71. The third kappa shape index (κ3) is 5.47. The highest BCUT2D eigenvalue weighted by molar-refractivity contribution is 7.91. The van der Waals surface area contributed by atoms with Crippen molar-refractivity contribution in [3.63, 3.8) is 0 Å². The van der Waals surface area contributed by atoms with E-state index in [2.05, 4.69) is 24.1 Å². The van der Waals surface area contributed by atoms with Crippen LogP contribution in [0.3, 0.4) is 0 Å². The van der Waals surface area contributed by atoms with Gasteiger partial charge in [-0.15, -0.1) is 0 Å². The van der Waals surface area contributed by atoms with Gasteiger partial charge in [0.2, 0.25) is 11.8 Å². The molecule has 1 heterocycles. The number of rotatable bonds is 6. The van der Waals surface area contributed by atoms with E-state index < -0.39 is 21.5 Å². The van der Waals surface area contributed by atoms with E-state index in [1.54, 1.807) is 6.92 Å². The number of sulfone groups is 1. The molecule has 2 aromatic rings. The number of hydrogen-bond donors (Lipinski definition) is 1. The number of carbonyl (C=O) groups excluding carboxylic acids is 1. The molecule has 6 nitrogen and oxygen atoms in total. The maximum Gasteiger partial charge on any atom is 0.235 e. The number of carbonyl (C=O) groups is 1. The fourth-order valence-corrected chi connectivity index (χ4v) is 5.14. The lowest BCUT2D eigenvalue weighted by atomic mass is 9.78. The average molecular weight is 419 g/mol. The van der Waals surface area contributed by atoms with E-state index in [9.17, 15) is 13.2 Å². The summed E-state index contributed by atoms with van der Waals surface area (Å²) >= 11 is 0. The molecule has 1 aliphatic rings. The van der Waals surface area contributed by atoms with Crippen LogP contribution in [0, 0.1) is 25.7 Å². The van der Waals surface area contributed by atoms with Crippen LogP contribution < -0.4 is 5.32 Å². The number of aromatic nitrogens is 1. The van der Waals surface area contributed by atoms with Crippen molar-refractivity contribution in [2.75, 3.05) is 5.75 Å². The van der Waals surface area contributed by atoms with Gasteiger partial charge in [-0.3, -0.25) is 4.79 Å². The number of hydrogen-bond acceptors (Lipinski definition) is 5. The monoisotopic (exact) mass is 418 g/mol. The summed E-state index contributed by atoms with van der Waals surface area (Å²) in [4.78, 5) is 16.7. The van der Waals surface area contributed by atoms with Gasteiger partial charge in [-0.1, -0.05) is 44.4 Å². The summed E-state index contributed by atoms with van der Waals surface area (Å²) in [6.07, 6.45) is 3.11. The third-order valence-corrected chi connectivity index (χ3v) is 7.37. The summed E-state index contributed by atoms with van der Waals surface area (Å²) in [5.41, 5.74) is 2.26. The van der Waals surface area contributed by atoms with Crippen molar-refractivity contribution in [3.8, 4) is 11.5 Å². The van der Waals surface area contributed by atoms with Gasteiger partial charge in [-0.05, 0) is 44.2 Å². The van der Waals surface area contributed by atoms with Crippen molar-refractivity contribution >= 4 is 15.7 Å². The van der Waals surface area contributed by atoms with Gasteiger partial charge in [0.05, 0.1) is 11.4 Å². The smallest absolute Gasteiger partial charge is 0.235 e. The van der Waals surface area contributed by atoms with Gasteiger partial charge in [0.1, 0.15) is 11.5 Å². The molecule has 0 spiro atoms. The fourth-order valence-electron chi connectivity index (χ4n) is 3.87. The number of nitrogens with one attached hydrogen (secondary N) is 1. The van der Waals surface area contributed by atoms with Crippen LogP contribution in [0.15, 0.2) is 28.7 Å². The first-order valence-electron chi connectivity index (χ1n) is 10.2. The molecule has 1 aromatic heterocycles. The van der Waals surface area contributed by atoms with Crippen LogP contribution >= 0.6 is 0 Å². The zero-order valence-corrected chi connectivity index (χ0v) is 18.4. The molecule has 7 heteroatoms. The topological polar surface area (TPSA) is 89.3 Å². The molecule has 29 heavy (non-hydrogen) atoms. The number of aryl methyl sites for hydroxylation is 2. The van der Waals surface area contributed by atoms with Crippen molar-refractivity contribution in [3.05, 3.63) is 41.3 Å². The van der Waals surface area contributed by atoms with Gasteiger partial charge >= 0.3 is 0 Å². The van der Waals surface area contributed by atoms with Crippen LogP contribution in [0.4, 0.5) is 0 Å². The number of nitrogens with zero attached hydrogens (tertiary/aromatic N) is 1. The average Bonchev–Trinajstić information content (AvgIpc) is 2.99. The fraction of sp³-hybridized carbons (Fsp3) is 0.545. The molecule has 1 saturated carbocycles. The molecule has 0 aliphatic heterocycles. The highest BCUT2D eigenvalue weighted by atomic mass is 32.2. The van der Waals surface area contributed by atoms with E-state index in [4.69, 9.17) is 4.42 Å². The van der Waals surface area contributed by atoms with Gasteiger partial charge in [0.15, 0.2) is 9.84 Å². The maximum atomic E-state index is 12.6. The minimum absolute atomic E-state index is 0.0448. The minimum Gasteiger partial charge on any atom is -0.441 e. The first-order valence-corrected chi connectivity index (χ1v) is 12.0. The van der Waals surface area contributed by atoms with Gasteiger partial charge in [-0.2, -0.15) is 0 Å². The van der Waals surface area contributed by atoms with Crippen LogP contribution in [0.25, 0.3) is 11.5 Å².